The summed E-state index contributed by atoms with van der Waals surface area (Å²) in [5.41, 5.74) is 4.79. The maximum Gasteiger partial charge on any atom is 0.322 e. The molecule has 2 fully saturated rings. The third-order valence-electron chi connectivity index (χ3n) is 8.77. The molecule has 4 rings (SSSR count). The molecule has 0 spiro atoms. The van der Waals surface area contributed by atoms with Gasteiger partial charge in [0.2, 0.25) is 11.8 Å². The number of aliphatic carboxylic acids is 1. The van der Waals surface area contributed by atoms with Crippen molar-refractivity contribution in [1.29, 1.82) is 0 Å². The molecule has 0 radical (unpaired) electrons. The molecule has 2 aliphatic heterocycles. The molecule has 12 heteroatoms. The Bertz CT molecular complexity index is 1420. The Labute approximate surface area is 269 Å². The molecule has 4 N–H and O–H groups in total. The lowest BCUT2D eigenvalue weighted by atomic mass is 9.77. The van der Waals surface area contributed by atoms with Gasteiger partial charge >= 0.3 is 5.97 Å². The first kappa shape index (κ1) is 34.4. The second kappa shape index (κ2) is 15.2. The van der Waals surface area contributed by atoms with Crippen LogP contribution in [0.4, 0.5) is 0 Å². The van der Waals surface area contributed by atoms with E-state index in [0.717, 1.165) is 41.7 Å². The highest BCUT2D eigenvalue weighted by Gasteiger charge is 2.41. The first-order valence-electron chi connectivity index (χ1n) is 15.8. The lowest BCUT2D eigenvalue weighted by Gasteiger charge is -2.39. The number of carboxylic acids is 1. The van der Waals surface area contributed by atoms with E-state index in [1.807, 2.05) is 56.5 Å². The van der Waals surface area contributed by atoms with Crippen LogP contribution in [0.1, 0.15) is 64.6 Å². The van der Waals surface area contributed by atoms with Gasteiger partial charge in [-0.1, -0.05) is 63.1 Å². The molecule has 2 aromatic rings. The average Bonchev–Trinajstić information content (AvgIpc) is 3.05. The van der Waals surface area contributed by atoms with E-state index >= 15 is 0 Å². The summed E-state index contributed by atoms with van der Waals surface area (Å²) >= 11 is 1.66. The number of aromatic nitrogens is 1. The van der Waals surface area contributed by atoms with Gasteiger partial charge in [-0.2, -0.15) is 0 Å². The molecular formula is C33H46N6O5S. The van der Waals surface area contributed by atoms with Gasteiger partial charge in [0.15, 0.2) is 0 Å². The Morgan fingerprint density at radius 1 is 1.11 bits per heavy atom. The molecular weight excluding hydrogens is 592 g/mol. The first-order valence-corrected chi connectivity index (χ1v) is 16.9. The summed E-state index contributed by atoms with van der Waals surface area (Å²) < 4.78 is 2.23. The molecule has 0 saturated carbocycles. The van der Waals surface area contributed by atoms with Crippen molar-refractivity contribution >= 4 is 52.6 Å². The van der Waals surface area contributed by atoms with Gasteiger partial charge in [0, 0.05) is 30.7 Å². The number of pyridine rings is 1. The number of carbonyl (C=O) groups excluding carboxylic acids is 3. The van der Waals surface area contributed by atoms with Crippen molar-refractivity contribution in [2.24, 2.45) is 11.3 Å². The Morgan fingerprint density at radius 2 is 1.82 bits per heavy atom. The minimum Gasteiger partial charge on any atom is -0.480 e. The number of carboxylic acid groups (broad SMARTS) is 1. The van der Waals surface area contributed by atoms with Crippen LogP contribution in [0.2, 0.25) is 0 Å². The van der Waals surface area contributed by atoms with Crippen molar-refractivity contribution < 1.29 is 24.3 Å². The minimum atomic E-state index is -1.03. The Morgan fingerprint density at radius 3 is 2.47 bits per heavy atom. The average molecular weight is 639 g/mol. The maximum atomic E-state index is 14.1. The summed E-state index contributed by atoms with van der Waals surface area (Å²) in [6.07, 6.45) is 8.98. The first-order chi connectivity index (χ1) is 21.5. The number of fused-ring (bicyclic) bond motifs is 1. The van der Waals surface area contributed by atoms with Crippen LogP contribution >= 0.6 is 11.9 Å². The molecule has 2 saturated heterocycles. The Hall–Kier alpha value is -3.48. The van der Waals surface area contributed by atoms with Crippen molar-refractivity contribution in [3.05, 3.63) is 47.7 Å². The summed E-state index contributed by atoms with van der Waals surface area (Å²) in [4.78, 5) is 56.8. The monoisotopic (exact) mass is 638 g/mol. The van der Waals surface area contributed by atoms with E-state index in [4.69, 9.17) is 4.98 Å². The van der Waals surface area contributed by atoms with Gasteiger partial charge in [-0.25, -0.2) is 5.43 Å². The minimum absolute atomic E-state index is 0.221. The predicted molar refractivity (Wildman–Crippen MR) is 177 cm³/mol. The molecule has 3 unspecified atom stereocenters. The zero-order chi connectivity index (χ0) is 32.7. The zero-order valence-electron chi connectivity index (χ0n) is 26.8. The summed E-state index contributed by atoms with van der Waals surface area (Å²) in [7, 11) is 0. The van der Waals surface area contributed by atoms with E-state index in [-0.39, 0.29) is 11.8 Å². The molecule has 244 valence electrons. The van der Waals surface area contributed by atoms with Crippen LogP contribution in [-0.4, -0.2) is 87.1 Å². The number of amides is 3. The molecule has 1 aromatic carbocycles. The quantitative estimate of drug-likeness (QED) is 0.272. The van der Waals surface area contributed by atoms with Gasteiger partial charge in [-0.3, -0.25) is 33.5 Å². The predicted octanol–water partition coefficient (Wildman–Crippen LogP) is 3.40. The van der Waals surface area contributed by atoms with Gasteiger partial charge in [0.1, 0.15) is 18.1 Å². The fourth-order valence-corrected chi connectivity index (χ4v) is 6.36. The Kier molecular flexibility index (Phi) is 11.6. The summed E-state index contributed by atoms with van der Waals surface area (Å²) in [6, 6.07) is 7.57. The number of rotatable bonds is 11. The molecule has 45 heavy (non-hydrogen) atoms. The number of nitrogens with zero attached hydrogens (tertiary/aromatic N) is 3. The third-order valence-corrected chi connectivity index (χ3v) is 9.65. The van der Waals surface area contributed by atoms with Crippen LogP contribution in [-0.2, 0) is 25.6 Å². The van der Waals surface area contributed by atoms with Crippen molar-refractivity contribution in [3.8, 4) is 0 Å². The molecule has 3 heterocycles. The van der Waals surface area contributed by atoms with E-state index < -0.39 is 41.3 Å². The molecule has 11 nitrogen and oxygen atoms in total. The Balaban J connectivity index is 1.50. The van der Waals surface area contributed by atoms with Gasteiger partial charge < -0.3 is 15.7 Å². The number of hydrazine groups is 1. The number of hydrogen-bond donors (Lipinski definition) is 4. The van der Waals surface area contributed by atoms with Crippen molar-refractivity contribution in [1.82, 2.24) is 30.4 Å². The normalized spacial score (nSPS) is 20.2. The highest BCUT2D eigenvalue weighted by Crippen LogP contribution is 2.36. The van der Waals surface area contributed by atoms with Gasteiger partial charge in [0.05, 0.1) is 10.9 Å². The van der Waals surface area contributed by atoms with Crippen molar-refractivity contribution in [3.63, 3.8) is 0 Å². The van der Waals surface area contributed by atoms with Crippen LogP contribution in [0.5, 0.6) is 0 Å². The van der Waals surface area contributed by atoms with E-state index in [2.05, 4.69) is 33.4 Å². The van der Waals surface area contributed by atoms with Gasteiger partial charge in [-0.15, -0.1) is 0 Å². The van der Waals surface area contributed by atoms with E-state index in [1.165, 1.54) is 5.01 Å². The number of carbonyl (C=O) groups is 4. The van der Waals surface area contributed by atoms with Crippen LogP contribution in [0, 0.1) is 11.3 Å². The highest BCUT2D eigenvalue weighted by molar-refractivity contribution is 7.96. The standard InChI is InChI=1S/C33H46N6O5S/c1-6-25-12-11-24-10-9-23(20-27(24)35-25)13-14-33(15-18-38(45-5)19-16-33)32(44)36-28(21(2)3)29(40)34-22(4)30(41)39-17-7-8-26(37-39)31(42)43/h9-14,20-22,26,28,37H,6-8,15-19H2,1-5H3,(H,34,40)(H,36,44)(H,42,43)/b14-13+. The van der Waals surface area contributed by atoms with Crippen molar-refractivity contribution in [2.45, 2.75) is 77.9 Å². The molecule has 3 atom stereocenters. The smallest absolute Gasteiger partial charge is 0.322 e. The molecule has 3 amide bonds. The lowest BCUT2D eigenvalue weighted by molar-refractivity contribution is -0.148. The van der Waals surface area contributed by atoms with E-state index in [0.29, 0.717) is 32.2 Å². The fourth-order valence-electron chi connectivity index (χ4n) is 5.81. The van der Waals surface area contributed by atoms with Crippen LogP contribution in [0.25, 0.3) is 17.0 Å². The topological polar surface area (TPSA) is 144 Å². The third kappa shape index (κ3) is 8.42. The highest BCUT2D eigenvalue weighted by atomic mass is 32.2. The number of benzene rings is 1. The van der Waals surface area contributed by atoms with Gasteiger partial charge in [-0.05, 0) is 68.9 Å². The summed E-state index contributed by atoms with van der Waals surface area (Å²) in [5.74, 6) is -2.38. The SMILES string of the molecule is CCc1ccc2ccc(/C=C/C3(C(=O)NC(C(=O)NC(C)C(=O)N4CCCC(C(=O)O)N4)C(C)C)CCN(SC)CC3)cc2n1. The number of hydrogen-bond acceptors (Lipinski definition) is 8. The second-order valence-corrected chi connectivity index (χ2v) is 13.2. The fraction of sp³-hybridized carbons (Fsp3) is 0.545. The lowest BCUT2D eigenvalue weighted by Crippen LogP contribution is -2.61. The van der Waals surface area contributed by atoms with Gasteiger partial charge in [0.25, 0.3) is 5.91 Å². The van der Waals surface area contributed by atoms with Crippen molar-refractivity contribution in [2.75, 3.05) is 25.9 Å². The molecule has 1 aromatic heterocycles. The van der Waals surface area contributed by atoms with E-state index in [9.17, 15) is 24.3 Å². The number of piperidine rings is 1. The van der Waals surface area contributed by atoms with Crippen LogP contribution in [0.3, 0.4) is 0 Å². The molecule has 0 bridgehead atoms. The van der Waals surface area contributed by atoms with E-state index in [1.54, 1.807) is 18.9 Å². The summed E-state index contributed by atoms with van der Waals surface area (Å²) in [5, 5.41) is 17.4. The largest absolute Gasteiger partial charge is 0.480 e. The second-order valence-electron chi connectivity index (χ2n) is 12.3. The maximum absolute atomic E-state index is 14.1. The van der Waals surface area contributed by atoms with Crippen LogP contribution in [0.15, 0.2) is 36.4 Å². The zero-order valence-corrected chi connectivity index (χ0v) is 27.7. The number of aryl methyl sites for hydroxylation is 1. The molecule has 2 aliphatic rings. The molecule has 0 aliphatic carbocycles. The number of nitrogens with one attached hydrogen (secondary N) is 3. The summed E-state index contributed by atoms with van der Waals surface area (Å²) in [6.45, 7) is 9.15. The van der Waals surface area contributed by atoms with Crippen LogP contribution < -0.4 is 16.1 Å².